The van der Waals surface area contributed by atoms with Crippen molar-refractivity contribution < 1.29 is 34.2 Å². The molecule has 0 aliphatic carbocycles. The average Bonchev–Trinajstić information content (AvgIpc) is 2.72. The van der Waals surface area contributed by atoms with Gasteiger partial charge in [-0.1, -0.05) is 54.4 Å². The summed E-state index contributed by atoms with van der Waals surface area (Å²) in [6, 6.07) is -4.66. The van der Waals surface area contributed by atoms with E-state index in [9.17, 15) is 29.1 Å². The number of carboxylic acids is 2. The van der Waals surface area contributed by atoms with E-state index < -0.39 is 60.2 Å². The number of carbonyl (C=O) groups excluding carboxylic acids is 3. The number of nitrogens with two attached hydrogens (primary N) is 1. The molecular formula is C21H38N4O7. The number of carboxylic acid groups (broad SMARTS) is 2. The van der Waals surface area contributed by atoms with E-state index in [1.54, 1.807) is 41.5 Å². The Balaban J connectivity index is 5.64. The lowest BCUT2D eigenvalue weighted by atomic mass is 9.95. The van der Waals surface area contributed by atoms with Crippen molar-refractivity contribution in [3.63, 3.8) is 0 Å². The second-order valence-electron chi connectivity index (χ2n) is 8.51. The molecule has 0 saturated heterocycles. The van der Waals surface area contributed by atoms with Crippen LogP contribution in [-0.4, -0.2) is 64.0 Å². The Bertz CT molecular complexity index is 683. The minimum Gasteiger partial charge on any atom is -0.481 e. The van der Waals surface area contributed by atoms with Crippen LogP contribution in [0.4, 0.5) is 0 Å². The van der Waals surface area contributed by atoms with E-state index in [1.807, 2.05) is 0 Å². The summed E-state index contributed by atoms with van der Waals surface area (Å²) in [5, 5.41) is 25.9. The fourth-order valence-electron chi connectivity index (χ4n) is 2.84. The first-order valence-electron chi connectivity index (χ1n) is 10.9. The summed E-state index contributed by atoms with van der Waals surface area (Å²) in [5.41, 5.74) is 5.77. The first kappa shape index (κ1) is 29.3. The van der Waals surface area contributed by atoms with Gasteiger partial charge in [0, 0.05) is 0 Å². The lowest BCUT2D eigenvalue weighted by Gasteiger charge is -2.29. The first-order valence-corrected chi connectivity index (χ1v) is 10.9. The van der Waals surface area contributed by atoms with E-state index in [1.165, 1.54) is 0 Å². The van der Waals surface area contributed by atoms with Crippen molar-refractivity contribution in [3.8, 4) is 0 Å². The number of hydrogen-bond acceptors (Lipinski definition) is 6. The van der Waals surface area contributed by atoms with Crippen LogP contribution in [0.1, 0.15) is 60.8 Å². The lowest BCUT2D eigenvalue weighted by Crippen LogP contribution is -2.59. The van der Waals surface area contributed by atoms with Crippen LogP contribution in [0.2, 0.25) is 0 Å². The predicted molar refractivity (Wildman–Crippen MR) is 117 cm³/mol. The molecule has 6 atom stereocenters. The van der Waals surface area contributed by atoms with Gasteiger partial charge in [0.15, 0.2) is 0 Å². The van der Waals surface area contributed by atoms with Crippen molar-refractivity contribution in [2.24, 2.45) is 23.5 Å². The maximum atomic E-state index is 12.9. The second kappa shape index (κ2) is 13.7. The van der Waals surface area contributed by atoms with E-state index in [4.69, 9.17) is 10.8 Å². The van der Waals surface area contributed by atoms with E-state index >= 15 is 0 Å². The molecule has 0 spiro atoms. The van der Waals surface area contributed by atoms with Gasteiger partial charge < -0.3 is 31.9 Å². The number of aliphatic carboxylic acids is 2. The molecule has 7 N–H and O–H groups in total. The van der Waals surface area contributed by atoms with Crippen molar-refractivity contribution in [2.75, 3.05) is 0 Å². The van der Waals surface area contributed by atoms with Gasteiger partial charge in [0.1, 0.15) is 18.1 Å². The Morgan fingerprint density at radius 2 is 1.22 bits per heavy atom. The number of amides is 3. The zero-order valence-corrected chi connectivity index (χ0v) is 19.7. The maximum absolute atomic E-state index is 12.9. The molecule has 0 aromatic rings. The van der Waals surface area contributed by atoms with Crippen LogP contribution in [0.25, 0.3) is 0 Å². The Kier molecular flexibility index (Phi) is 12.5. The summed E-state index contributed by atoms with van der Waals surface area (Å²) in [4.78, 5) is 60.7. The van der Waals surface area contributed by atoms with Crippen LogP contribution in [-0.2, 0) is 24.0 Å². The molecule has 184 valence electrons. The molecule has 0 aliphatic heterocycles. The predicted octanol–water partition coefficient (Wildman–Crippen LogP) is 0.0756. The molecule has 0 fully saturated rings. The van der Waals surface area contributed by atoms with Crippen molar-refractivity contribution in [2.45, 2.75) is 85.0 Å². The topological polar surface area (TPSA) is 188 Å². The summed E-state index contributed by atoms with van der Waals surface area (Å²) in [5.74, 6) is -5.74. The Morgan fingerprint density at radius 1 is 0.750 bits per heavy atom. The van der Waals surface area contributed by atoms with Gasteiger partial charge in [0.2, 0.25) is 17.7 Å². The summed E-state index contributed by atoms with van der Waals surface area (Å²) < 4.78 is 0. The Morgan fingerprint density at radius 3 is 1.62 bits per heavy atom. The quantitative estimate of drug-likeness (QED) is 0.211. The van der Waals surface area contributed by atoms with E-state index in [2.05, 4.69) is 16.0 Å². The monoisotopic (exact) mass is 458 g/mol. The number of nitrogens with one attached hydrogen (secondary N) is 3. The molecule has 0 heterocycles. The molecule has 32 heavy (non-hydrogen) atoms. The molecule has 0 aliphatic rings. The van der Waals surface area contributed by atoms with Gasteiger partial charge in [0.05, 0.1) is 12.5 Å². The zero-order valence-electron chi connectivity index (χ0n) is 19.7. The van der Waals surface area contributed by atoms with Crippen LogP contribution in [0.3, 0.4) is 0 Å². The average molecular weight is 459 g/mol. The lowest BCUT2D eigenvalue weighted by molar-refractivity contribution is -0.144. The van der Waals surface area contributed by atoms with Gasteiger partial charge >= 0.3 is 11.9 Å². The smallest absolute Gasteiger partial charge is 0.326 e. The van der Waals surface area contributed by atoms with E-state index in [-0.39, 0.29) is 17.8 Å². The van der Waals surface area contributed by atoms with Crippen molar-refractivity contribution in [3.05, 3.63) is 0 Å². The summed E-state index contributed by atoms with van der Waals surface area (Å²) in [7, 11) is 0. The summed E-state index contributed by atoms with van der Waals surface area (Å²) in [6.45, 7) is 10.4. The highest BCUT2D eigenvalue weighted by Crippen LogP contribution is 2.13. The number of rotatable bonds is 14. The van der Waals surface area contributed by atoms with Crippen LogP contribution < -0.4 is 21.7 Å². The maximum Gasteiger partial charge on any atom is 0.326 e. The highest BCUT2D eigenvalue weighted by Gasteiger charge is 2.34. The van der Waals surface area contributed by atoms with Crippen LogP contribution in [0, 0.1) is 17.8 Å². The standard InChI is InChI=1S/C21H38N4O7/c1-7-11(5)16(20(30)25-17(21(31)32)12(6)8-2)24-18(28)13(9-14(26)27)23-19(29)15(22)10(3)4/h10-13,15-17H,7-9,22H2,1-6H3,(H,23,29)(H,24,28)(H,25,30)(H,26,27)(H,31,32). The minimum atomic E-state index is -1.45. The second-order valence-corrected chi connectivity index (χ2v) is 8.51. The summed E-state index contributed by atoms with van der Waals surface area (Å²) in [6.07, 6.45) is 0.288. The fourth-order valence-corrected chi connectivity index (χ4v) is 2.84. The van der Waals surface area contributed by atoms with Crippen molar-refractivity contribution in [1.29, 1.82) is 0 Å². The highest BCUT2D eigenvalue weighted by molar-refractivity contribution is 5.95. The van der Waals surface area contributed by atoms with Crippen molar-refractivity contribution >= 4 is 29.7 Å². The molecule has 0 saturated carbocycles. The molecule has 3 amide bonds. The molecule has 0 rings (SSSR count). The minimum absolute atomic E-state index is 0.240. The van der Waals surface area contributed by atoms with Gasteiger partial charge in [0.25, 0.3) is 0 Å². The SMILES string of the molecule is CCC(C)C(NC(=O)C(NC(=O)C(CC(=O)O)NC(=O)C(N)C(C)C)C(C)CC)C(=O)O. The fraction of sp³-hybridized carbons (Fsp3) is 0.762. The Labute approximate surface area is 188 Å². The van der Waals surface area contributed by atoms with Crippen LogP contribution in [0.5, 0.6) is 0 Å². The van der Waals surface area contributed by atoms with E-state index in [0.717, 1.165) is 0 Å². The van der Waals surface area contributed by atoms with Crippen molar-refractivity contribution in [1.82, 2.24) is 16.0 Å². The van der Waals surface area contributed by atoms with Gasteiger partial charge in [-0.15, -0.1) is 0 Å². The Hall–Kier alpha value is -2.69. The summed E-state index contributed by atoms with van der Waals surface area (Å²) >= 11 is 0. The molecule has 0 radical (unpaired) electrons. The van der Waals surface area contributed by atoms with Gasteiger partial charge in [-0.05, 0) is 17.8 Å². The molecule has 11 heteroatoms. The normalized spacial score (nSPS) is 16.8. The third-order valence-corrected chi connectivity index (χ3v) is 5.60. The van der Waals surface area contributed by atoms with Crippen LogP contribution >= 0.6 is 0 Å². The number of hydrogen-bond donors (Lipinski definition) is 6. The van der Waals surface area contributed by atoms with Gasteiger partial charge in [-0.25, -0.2) is 4.79 Å². The van der Waals surface area contributed by atoms with Crippen LogP contribution in [0.15, 0.2) is 0 Å². The molecular weight excluding hydrogens is 420 g/mol. The largest absolute Gasteiger partial charge is 0.481 e. The zero-order chi connectivity index (χ0) is 25.2. The third kappa shape index (κ3) is 9.21. The van der Waals surface area contributed by atoms with Gasteiger partial charge in [-0.3, -0.25) is 19.2 Å². The molecule has 0 aromatic carbocycles. The number of carbonyl (C=O) groups is 5. The molecule has 6 unspecified atom stereocenters. The molecule has 11 nitrogen and oxygen atoms in total. The van der Waals surface area contributed by atoms with Gasteiger partial charge in [-0.2, -0.15) is 0 Å². The molecule has 0 bridgehead atoms. The first-order chi connectivity index (χ1) is 14.8. The molecule has 0 aromatic heterocycles. The highest BCUT2D eigenvalue weighted by atomic mass is 16.4. The third-order valence-electron chi connectivity index (χ3n) is 5.60. The van der Waals surface area contributed by atoms with E-state index in [0.29, 0.717) is 12.8 Å².